The van der Waals surface area contributed by atoms with Gasteiger partial charge in [0.15, 0.2) is 0 Å². The zero-order valence-corrected chi connectivity index (χ0v) is 13.1. The molecule has 0 bridgehead atoms. The number of ether oxygens (including phenoxy) is 1. The molecule has 1 aromatic rings. The first kappa shape index (κ1) is 16.8. The van der Waals surface area contributed by atoms with E-state index in [1.807, 2.05) is 30.3 Å². The molecule has 0 N–H and O–H groups in total. The van der Waals surface area contributed by atoms with Gasteiger partial charge in [-0.3, -0.25) is 0 Å². The van der Waals surface area contributed by atoms with Crippen LogP contribution >= 0.6 is 0 Å². The Bertz CT molecular complexity index is 371. The summed E-state index contributed by atoms with van der Waals surface area (Å²) in [5.74, 6) is 0.950. The molecule has 2 nitrogen and oxygen atoms in total. The van der Waals surface area contributed by atoms with Crippen molar-refractivity contribution in [3.63, 3.8) is 0 Å². The molecular formula is C18H29NO. The predicted octanol–water partition coefficient (Wildman–Crippen LogP) is 4.61. The van der Waals surface area contributed by atoms with Gasteiger partial charge >= 0.3 is 0 Å². The van der Waals surface area contributed by atoms with Gasteiger partial charge in [-0.25, -0.2) is 0 Å². The molecule has 0 amide bonds. The Morgan fingerprint density at radius 3 is 2.55 bits per heavy atom. The van der Waals surface area contributed by atoms with Crippen molar-refractivity contribution in [2.24, 2.45) is 0 Å². The summed E-state index contributed by atoms with van der Waals surface area (Å²) >= 11 is 0. The van der Waals surface area contributed by atoms with Gasteiger partial charge in [0.1, 0.15) is 5.75 Å². The van der Waals surface area contributed by atoms with Crippen LogP contribution in [0.4, 0.5) is 0 Å². The van der Waals surface area contributed by atoms with Crippen molar-refractivity contribution in [3.8, 4) is 5.75 Å². The normalized spacial score (nSPS) is 10.8. The van der Waals surface area contributed by atoms with Crippen LogP contribution in [0.5, 0.6) is 5.75 Å². The second-order valence-electron chi connectivity index (χ2n) is 5.07. The maximum Gasteiger partial charge on any atom is 0.119 e. The van der Waals surface area contributed by atoms with E-state index >= 15 is 0 Å². The minimum Gasteiger partial charge on any atom is -0.494 e. The fourth-order valence-corrected chi connectivity index (χ4v) is 2.25. The van der Waals surface area contributed by atoms with Gasteiger partial charge in [-0.15, -0.1) is 0 Å². The minimum atomic E-state index is 0.811. The summed E-state index contributed by atoms with van der Waals surface area (Å²) < 4.78 is 5.76. The van der Waals surface area contributed by atoms with Gasteiger partial charge in [-0.05, 0) is 50.2 Å². The average molecular weight is 275 g/mol. The van der Waals surface area contributed by atoms with Crippen LogP contribution < -0.4 is 4.74 Å². The van der Waals surface area contributed by atoms with E-state index < -0.39 is 0 Å². The standard InChI is InChI=1S/C18H29NO/c1-4-17-12-11-13-18(16-17)20-15-10-8-7-9-14-19(5-2)6-3/h4,11-13,16H,1,5-10,14-15H2,2-3H3. The minimum absolute atomic E-state index is 0.811. The average Bonchev–Trinajstić information content (AvgIpc) is 2.50. The van der Waals surface area contributed by atoms with Gasteiger partial charge in [-0.1, -0.05) is 51.5 Å². The highest BCUT2D eigenvalue weighted by atomic mass is 16.5. The topological polar surface area (TPSA) is 12.5 Å². The van der Waals surface area contributed by atoms with Crippen molar-refractivity contribution in [1.29, 1.82) is 0 Å². The maximum absolute atomic E-state index is 5.76. The van der Waals surface area contributed by atoms with Crippen molar-refractivity contribution in [1.82, 2.24) is 4.90 Å². The lowest BCUT2D eigenvalue weighted by Crippen LogP contribution is -2.23. The van der Waals surface area contributed by atoms with Crippen LogP contribution in [0, 0.1) is 0 Å². The fraction of sp³-hybridized carbons (Fsp3) is 0.556. The molecule has 112 valence electrons. The number of hydrogen-bond acceptors (Lipinski definition) is 2. The van der Waals surface area contributed by atoms with E-state index in [9.17, 15) is 0 Å². The van der Waals surface area contributed by atoms with Crippen LogP contribution in [-0.4, -0.2) is 31.1 Å². The molecule has 1 aromatic carbocycles. The quantitative estimate of drug-likeness (QED) is 0.547. The molecule has 0 heterocycles. The summed E-state index contributed by atoms with van der Waals surface area (Å²) in [6.07, 6.45) is 6.83. The van der Waals surface area contributed by atoms with Crippen LogP contribution in [0.25, 0.3) is 6.08 Å². The van der Waals surface area contributed by atoms with Crippen LogP contribution in [0.3, 0.4) is 0 Å². The Labute approximate surface area is 124 Å². The first-order chi connectivity index (χ1) is 9.80. The Balaban J connectivity index is 2.05. The molecule has 1 rings (SSSR count). The summed E-state index contributed by atoms with van der Waals surface area (Å²) in [7, 11) is 0. The molecule has 2 heteroatoms. The van der Waals surface area contributed by atoms with E-state index in [0.717, 1.165) is 24.3 Å². The number of nitrogens with zero attached hydrogens (tertiary/aromatic N) is 1. The number of rotatable bonds is 11. The highest BCUT2D eigenvalue weighted by Crippen LogP contribution is 2.14. The second-order valence-corrected chi connectivity index (χ2v) is 5.07. The Kier molecular flexibility index (Phi) is 8.81. The lowest BCUT2D eigenvalue weighted by atomic mass is 10.2. The van der Waals surface area contributed by atoms with Gasteiger partial charge in [-0.2, -0.15) is 0 Å². The first-order valence-corrected chi connectivity index (χ1v) is 7.87. The Morgan fingerprint density at radius 1 is 1.10 bits per heavy atom. The van der Waals surface area contributed by atoms with E-state index in [2.05, 4.69) is 25.3 Å². The van der Waals surface area contributed by atoms with Crippen LogP contribution in [0.15, 0.2) is 30.8 Å². The highest BCUT2D eigenvalue weighted by molar-refractivity contribution is 5.49. The molecule has 0 spiro atoms. The summed E-state index contributed by atoms with van der Waals surface area (Å²) in [4.78, 5) is 2.48. The smallest absolute Gasteiger partial charge is 0.119 e. The molecule has 0 aliphatic rings. The van der Waals surface area contributed by atoms with E-state index in [0.29, 0.717) is 0 Å². The summed E-state index contributed by atoms with van der Waals surface area (Å²) in [6, 6.07) is 8.09. The van der Waals surface area contributed by atoms with Crippen LogP contribution in [-0.2, 0) is 0 Å². The molecule has 0 aliphatic heterocycles. The highest BCUT2D eigenvalue weighted by Gasteiger charge is 1.98. The summed E-state index contributed by atoms with van der Waals surface area (Å²) in [5.41, 5.74) is 1.11. The van der Waals surface area contributed by atoms with Crippen molar-refractivity contribution in [2.45, 2.75) is 39.5 Å². The lowest BCUT2D eigenvalue weighted by Gasteiger charge is -2.17. The SMILES string of the molecule is C=Cc1cccc(OCCCCCCN(CC)CC)c1. The third-order valence-corrected chi connectivity index (χ3v) is 3.63. The molecule has 0 saturated heterocycles. The zero-order chi connectivity index (χ0) is 14.6. The van der Waals surface area contributed by atoms with Crippen molar-refractivity contribution < 1.29 is 4.74 Å². The predicted molar refractivity (Wildman–Crippen MR) is 88.3 cm³/mol. The van der Waals surface area contributed by atoms with E-state index in [1.165, 1.54) is 38.9 Å². The molecule has 0 unspecified atom stereocenters. The van der Waals surface area contributed by atoms with Crippen LogP contribution in [0.2, 0.25) is 0 Å². The molecule has 0 atom stereocenters. The third-order valence-electron chi connectivity index (χ3n) is 3.63. The maximum atomic E-state index is 5.76. The number of hydrogen-bond donors (Lipinski definition) is 0. The van der Waals surface area contributed by atoms with Crippen molar-refractivity contribution in [2.75, 3.05) is 26.2 Å². The first-order valence-electron chi connectivity index (χ1n) is 7.87. The molecule has 0 saturated carbocycles. The van der Waals surface area contributed by atoms with Crippen molar-refractivity contribution in [3.05, 3.63) is 36.4 Å². The summed E-state index contributed by atoms with van der Waals surface area (Å²) in [6.45, 7) is 12.6. The molecule has 0 aromatic heterocycles. The fourth-order valence-electron chi connectivity index (χ4n) is 2.25. The summed E-state index contributed by atoms with van der Waals surface area (Å²) in [5, 5.41) is 0. The van der Waals surface area contributed by atoms with Gasteiger partial charge in [0.05, 0.1) is 6.61 Å². The molecule has 20 heavy (non-hydrogen) atoms. The Hall–Kier alpha value is -1.28. The van der Waals surface area contributed by atoms with Crippen molar-refractivity contribution >= 4 is 6.08 Å². The van der Waals surface area contributed by atoms with Gasteiger partial charge in [0.2, 0.25) is 0 Å². The Morgan fingerprint density at radius 2 is 1.85 bits per heavy atom. The largest absolute Gasteiger partial charge is 0.494 e. The van der Waals surface area contributed by atoms with Crippen LogP contribution in [0.1, 0.15) is 45.1 Å². The number of unbranched alkanes of at least 4 members (excludes halogenated alkanes) is 3. The van der Waals surface area contributed by atoms with E-state index in [-0.39, 0.29) is 0 Å². The third kappa shape index (κ3) is 6.76. The monoisotopic (exact) mass is 275 g/mol. The lowest BCUT2D eigenvalue weighted by molar-refractivity contribution is 0.284. The molecule has 0 fully saturated rings. The van der Waals surface area contributed by atoms with Gasteiger partial charge in [0.25, 0.3) is 0 Å². The van der Waals surface area contributed by atoms with E-state index in [4.69, 9.17) is 4.74 Å². The molecule has 0 radical (unpaired) electrons. The van der Waals surface area contributed by atoms with Gasteiger partial charge in [0, 0.05) is 0 Å². The molecule has 0 aliphatic carbocycles. The zero-order valence-electron chi connectivity index (χ0n) is 13.1. The second kappa shape index (κ2) is 10.5. The van der Waals surface area contributed by atoms with Gasteiger partial charge < -0.3 is 9.64 Å². The number of benzene rings is 1. The van der Waals surface area contributed by atoms with E-state index in [1.54, 1.807) is 0 Å². The molecular weight excluding hydrogens is 246 g/mol.